The molecule has 0 spiro atoms. The SMILES string of the molecule is COc1cc(CNC(=O)C#Cc2cn(Cc3ccc(S(=O)(=O)NC(C)C)cc3)c(=O)[nH]c2=O)ccc1F. The Bertz CT molecular complexity index is 1580. The molecule has 3 aromatic rings. The zero-order chi connectivity index (χ0) is 27.2. The standard InChI is InChI=1S/C25H25FN4O6S/c1-16(2)29-37(34,35)20-8-4-17(5-9-20)14-30-15-19(24(32)28-25(30)33)7-11-23(31)27-13-18-6-10-21(26)22(12-18)36-3/h4-6,8-10,12,15-16,29H,13-14H2,1-3H3,(H,27,31)(H,28,32,33). The summed E-state index contributed by atoms with van der Waals surface area (Å²) < 4.78 is 46.6. The molecule has 0 aliphatic carbocycles. The number of nitrogens with one attached hydrogen (secondary N) is 3. The molecule has 194 valence electrons. The zero-order valence-electron chi connectivity index (χ0n) is 20.3. The molecule has 0 fully saturated rings. The Morgan fingerprint density at radius 3 is 2.46 bits per heavy atom. The van der Waals surface area contributed by atoms with Crippen LogP contribution in [0, 0.1) is 17.7 Å². The van der Waals surface area contributed by atoms with Crippen LogP contribution < -0.4 is 26.0 Å². The first kappa shape index (κ1) is 27.4. The molecule has 0 saturated carbocycles. The molecule has 1 amide bonds. The first-order valence-electron chi connectivity index (χ1n) is 11.1. The second-order valence-electron chi connectivity index (χ2n) is 8.25. The fourth-order valence-electron chi connectivity index (χ4n) is 3.23. The smallest absolute Gasteiger partial charge is 0.328 e. The van der Waals surface area contributed by atoms with E-state index in [9.17, 15) is 27.2 Å². The number of aromatic nitrogens is 2. The van der Waals surface area contributed by atoms with Crippen LogP contribution in [0.4, 0.5) is 4.39 Å². The fourth-order valence-corrected chi connectivity index (χ4v) is 4.48. The maximum Gasteiger partial charge on any atom is 0.328 e. The monoisotopic (exact) mass is 528 g/mol. The van der Waals surface area contributed by atoms with E-state index in [0.29, 0.717) is 11.1 Å². The number of benzene rings is 2. The number of rotatable bonds is 8. The van der Waals surface area contributed by atoms with Gasteiger partial charge in [-0.15, -0.1) is 0 Å². The third kappa shape index (κ3) is 7.39. The van der Waals surface area contributed by atoms with Gasteiger partial charge in [-0.3, -0.25) is 19.1 Å². The maximum absolute atomic E-state index is 13.5. The van der Waals surface area contributed by atoms with Crippen molar-refractivity contribution in [2.24, 2.45) is 0 Å². The molecule has 3 rings (SSSR count). The Morgan fingerprint density at radius 2 is 1.81 bits per heavy atom. The minimum absolute atomic E-state index is 0.0286. The van der Waals surface area contributed by atoms with E-state index >= 15 is 0 Å². The molecule has 3 N–H and O–H groups in total. The number of sulfonamides is 1. The van der Waals surface area contributed by atoms with E-state index in [-0.39, 0.29) is 35.3 Å². The number of halogens is 1. The Kier molecular flexibility index (Phi) is 8.65. The summed E-state index contributed by atoms with van der Waals surface area (Å²) >= 11 is 0. The molecule has 1 aromatic heterocycles. The van der Waals surface area contributed by atoms with Gasteiger partial charge >= 0.3 is 5.69 Å². The van der Waals surface area contributed by atoms with Gasteiger partial charge in [0.2, 0.25) is 10.0 Å². The highest BCUT2D eigenvalue weighted by Gasteiger charge is 2.15. The van der Waals surface area contributed by atoms with Crippen LogP contribution in [0.3, 0.4) is 0 Å². The summed E-state index contributed by atoms with van der Waals surface area (Å²) in [6.45, 7) is 3.50. The number of hydrogen-bond acceptors (Lipinski definition) is 6. The second kappa shape index (κ2) is 11.7. The first-order chi connectivity index (χ1) is 17.5. The number of nitrogens with zero attached hydrogens (tertiary/aromatic N) is 1. The average molecular weight is 529 g/mol. The van der Waals surface area contributed by atoms with Gasteiger partial charge in [0.05, 0.1) is 18.6 Å². The second-order valence-corrected chi connectivity index (χ2v) is 9.97. The van der Waals surface area contributed by atoms with Gasteiger partial charge in [0, 0.05) is 24.7 Å². The van der Waals surface area contributed by atoms with Crippen molar-refractivity contribution in [3.63, 3.8) is 0 Å². The average Bonchev–Trinajstić information content (AvgIpc) is 2.84. The number of H-pyrrole nitrogens is 1. The largest absolute Gasteiger partial charge is 0.494 e. The Hall–Kier alpha value is -4.21. The molecular weight excluding hydrogens is 503 g/mol. The molecule has 0 aliphatic heterocycles. The van der Waals surface area contributed by atoms with Crippen molar-refractivity contribution in [2.75, 3.05) is 7.11 Å². The topological polar surface area (TPSA) is 139 Å². The van der Waals surface area contributed by atoms with Crippen molar-refractivity contribution >= 4 is 15.9 Å². The van der Waals surface area contributed by atoms with Gasteiger partial charge in [0.1, 0.15) is 5.56 Å². The number of carbonyl (C=O) groups is 1. The van der Waals surface area contributed by atoms with Crippen LogP contribution in [-0.2, 0) is 27.9 Å². The van der Waals surface area contributed by atoms with E-state index < -0.39 is 33.0 Å². The predicted octanol–water partition coefficient (Wildman–Crippen LogP) is 1.09. The van der Waals surface area contributed by atoms with Crippen LogP contribution >= 0.6 is 0 Å². The minimum Gasteiger partial charge on any atom is -0.494 e. The number of amides is 1. The Balaban J connectivity index is 1.72. The van der Waals surface area contributed by atoms with Gasteiger partial charge in [-0.25, -0.2) is 22.3 Å². The summed E-state index contributed by atoms with van der Waals surface area (Å²) in [6.07, 6.45) is 1.22. The lowest BCUT2D eigenvalue weighted by molar-refractivity contribution is -0.115. The highest BCUT2D eigenvalue weighted by atomic mass is 32.2. The molecule has 0 unspecified atom stereocenters. The van der Waals surface area contributed by atoms with E-state index in [4.69, 9.17) is 4.74 Å². The molecule has 12 heteroatoms. The number of methoxy groups -OCH3 is 1. The summed E-state index contributed by atoms with van der Waals surface area (Å²) in [7, 11) is -2.33. The van der Waals surface area contributed by atoms with Crippen molar-refractivity contribution in [2.45, 2.75) is 37.9 Å². The number of carbonyl (C=O) groups excluding carboxylic acids is 1. The van der Waals surface area contributed by atoms with Gasteiger partial charge in [-0.1, -0.05) is 18.2 Å². The van der Waals surface area contributed by atoms with Crippen LogP contribution in [-0.4, -0.2) is 37.0 Å². The fraction of sp³-hybridized carbons (Fsp3) is 0.240. The summed E-state index contributed by atoms with van der Waals surface area (Å²) in [6, 6.07) is 9.80. The van der Waals surface area contributed by atoms with Crippen molar-refractivity contribution in [3.05, 3.63) is 92.0 Å². The van der Waals surface area contributed by atoms with Crippen molar-refractivity contribution in [1.29, 1.82) is 0 Å². The van der Waals surface area contributed by atoms with Gasteiger partial charge in [-0.05, 0) is 55.2 Å². The molecule has 0 aliphatic rings. The van der Waals surface area contributed by atoms with Crippen LogP contribution in [0.1, 0.15) is 30.5 Å². The number of aromatic amines is 1. The molecule has 37 heavy (non-hydrogen) atoms. The number of ether oxygens (including phenoxy) is 1. The van der Waals surface area contributed by atoms with Crippen molar-refractivity contribution in [3.8, 4) is 17.6 Å². The summed E-state index contributed by atoms with van der Waals surface area (Å²) in [5, 5.41) is 2.53. The highest BCUT2D eigenvalue weighted by Crippen LogP contribution is 2.18. The molecule has 0 bridgehead atoms. The van der Waals surface area contributed by atoms with Crippen LogP contribution in [0.5, 0.6) is 5.75 Å². The normalized spacial score (nSPS) is 11.1. The summed E-state index contributed by atoms with van der Waals surface area (Å²) in [4.78, 5) is 38.8. The van der Waals surface area contributed by atoms with E-state index in [0.717, 1.165) is 0 Å². The maximum atomic E-state index is 13.5. The molecule has 0 saturated heterocycles. The lowest BCUT2D eigenvalue weighted by atomic mass is 10.2. The molecule has 0 radical (unpaired) electrons. The van der Waals surface area contributed by atoms with Crippen LogP contribution in [0.2, 0.25) is 0 Å². The van der Waals surface area contributed by atoms with Gasteiger partial charge in [-0.2, -0.15) is 0 Å². The van der Waals surface area contributed by atoms with E-state index in [2.05, 4.69) is 26.9 Å². The van der Waals surface area contributed by atoms with Crippen LogP contribution in [0.25, 0.3) is 0 Å². The van der Waals surface area contributed by atoms with Crippen LogP contribution in [0.15, 0.2) is 63.1 Å². The van der Waals surface area contributed by atoms with Crippen molar-refractivity contribution in [1.82, 2.24) is 19.6 Å². The highest BCUT2D eigenvalue weighted by molar-refractivity contribution is 7.89. The molecule has 2 aromatic carbocycles. The quantitative estimate of drug-likeness (QED) is 0.374. The lowest BCUT2D eigenvalue weighted by Crippen LogP contribution is -2.31. The number of hydrogen-bond donors (Lipinski definition) is 3. The molecule has 0 atom stereocenters. The molecular formula is C25H25FN4O6S. The third-order valence-corrected chi connectivity index (χ3v) is 6.64. The first-order valence-corrected chi connectivity index (χ1v) is 12.5. The van der Waals surface area contributed by atoms with E-state index in [1.54, 1.807) is 26.0 Å². The van der Waals surface area contributed by atoms with Gasteiger partial charge in [0.25, 0.3) is 11.5 Å². The Morgan fingerprint density at radius 1 is 1.14 bits per heavy atom. The minimum atomic E-state index is -3.66. The van der Waals surface area contributed by atoms with Crippen molar-refractivity contribution < 1.29 is 22.3 Å². The lowest BCUT2D eigenvalue weighted by Gasteiger charge is -2.10. The Labute approximate surface area is 212 Å². The third-order valence-electron chi connectivity index (χ3n) is 4.97. The predicted molar refractivity (Wildman–Crippen MR) is 134 cm³/mol. The van der Waals surface area contributed by atoms with E-state index in [1.165, 1.54) is 48.2 Å². The van der Waals surface area contributed by atoms with Gasteiger partial charge in [0.15, 0.2) is 11.6 Å². The summed E-state index contributed by atoms with van der Waals surface area (Å²) in [5.74, 6) is 3.55. The molecule has 1 heterocycles. The molecule has 10 nitrogen and oxygen atoms in total. The summed E-state index contributed by atoms with van der Waals surface area (Å²) in [5.41, 5.74) is -0.379. The van der Waals surface area contributed by atoms with Gasteiger partial charge < -0.3 is 10.1 Å². The van der Waals surface area contributed by atoms with E-state index in [1.807, 2.05) is 0 Å². The zero-order valence-corrected chi connectivity index (χ0v) is 21.1.